The number of ether oxygens (including phenoxy) is 2. The van der Waals surface area contributed by atoms with Crippen molar-refractivity contribution in [3.63, 3.8) is 0 Å². The SMILES string of the molecule is Cc1cc(OC2CCN(C3COC3)CC2)cc2c(=O)[nH]c(-c3cc(C(F)(F)F)ccn3)nc12. The zero-order valence-electron chi connectivity index (χ0n) is 18.0. The van der Waals surface area contributed by atoms with Gasteiger partial charge in [-0.2, -0.15) is 13.2 Å². The lowest BCUT2D eigenvalue weighted by molar-refractivity contribution is -0.137. The van der Waals surface area contributed by atoms with Crippen LogP contribution in [0.1, 0.15) is 24.0 Å². The summed E-state index contributed by atoms with van der Waals surface area (Å²) in [5.74, 6) is 0.574. The Hall–Kier alpha value is -2.98. The van der Waals surface area contributed by atoms with Gasteiger partial charge in [0.25, 0.3) is 5.56 Å². The molecule has 7 nitrogen and oxygen atoms in total. The van der Waals surface area contributed by atoms with E-state index in [-0.39, 0.29) is 17.6 Å². The number of benzene rings is 1. The Balaban J connectivity index is 1.39. The number of H-pyrrole nitrogens is 1. The molecule has 4 heterocycles. The van der Waals surface area contributed by atoms with Gasteiger partial charge in [0.1, 0.15) is 17.5 Å². The van der Waals surface area contributed by atoms with E-state index in [1.54, 1.807) is 13.0 Å². The summed E-state index contributed by atoms with van der Waals surface area (Å²) in [5.41, 5.74) is -0.257. The molecule has 0 aliphatic carbocycles. The minimum atomic E-state index is -4.52. The molecule has 2 aliphatic rings. The largest absolute Gasteiger partial charge is 0.490 e. The molecule has 2 aromatic heterocycles. The van der Waals surface area contributed by atoms with Crippen molar-refractivity contribution in [2.24, 2.45) is 0 Å². The highest BCUT2D eigenvalue weighted by molar-refractivity contribution is 5.83. The molecule has 0 radical (unpaired) electrons. The van der Waals surface area contributed by atoms with Crippen molar-refractivity contribution in [1.82, 2.24) is 19.9 Å². The number of aryl methyl sites for hydroxylation is 1. The van der Waals surface area contributed by atoms with Gasteiger partial charge >= 0.3 is 6.18 Å². The van der Waals surface area contributed by atoms with Gasteiger partial charge in [-0.15, -0.1) is 0 Å². The van der Waals surface area contributed by atoms with Crippen LogP contribution in [-0.4, -0.2) is 58.3 Å². The van der Waals surface area contributed by atoms with Crippen molar-refractivity contribution in [3.8, 4) is 17.3 Å². The first-order valence-electron chi connectivity index (χ1n) is 10.8. The van der Waals surface area contributed by atoms with Crippen molar-refractivity contribution in [3.05, 3.63) is 51.9 Å². The normalized spacial score (nSPS) is 18.4. The fourth-order valence-electron chi connectivity index (χ4n) is 4.29. The highest BCUT2D eigenvalue weighted by atomic mass is 19.4. The van der Waals surface area contributed by atoms with E-state index in [0.717, 1.165) is 57.5 Å². The van der Waals surface area contributed by atoms with Gasteiger partial charge in [0.2, 0.25) is 0 Å². The lowest BCUT2D eigenvalue weighted by atomic mass is 10.0. The third kappa shape index (κ3) is 4.45. The first-order chi connectivity index (χ1) is 15.8. The minimum Gasteiger partial charge on any atom is -0.490 e. The summed E-state index contributed by atoms with van der Waals surface area (Å²) < 4.78 is 50.6. The number of hydrogen-bond donors (Lipinski definition) is 1. The highest BCUT2D eigenvalue weighted by Gasteiger charge is 2.32. The molecule has 2 saturated heterocycles. The Labute approximate surface area is 187 Å². The fraction of sp³-hybridized carbons (Fsp3) is 0.435. The van der Waals surface area contributed by atoms with Crippen LogP contribution in [0.15, 0.2) is 35.3 Å². The molecule has 2 fully saturated rings. The molecule has 2 aliphatic heterocycles. The van der Waals surface area contributed by atoms with Crippen LogP contribution < -0.4 is 10.3 Å². The standard InChI is InChI=1S/C23H23F3N4O3/c1-13-8-17(33-16-3-6-30(7-4-16)15-11-32-12-15)10-18-20(13)28-21(29-22(18)31)19-9-14(2-5-27-19)23(24,25)26/h2,5,8-10,15-16H,3-4,6-7,11-12H2,1H3,(H,28,29,31). The molecule has 5 rings (SSSR count). The van der Waals surface area contributed by atoms with Crippen LogP contribution in [0.5, 0.6) is 5.75 Å². The van der Waals surface area contributed by atoms with Crippen LogP contribution in [0.2, 0.25) is 0 Å². The molecular weight excluding hydrogens is 437 g/mol. The summed E-state index contributed by atoms with van der Waals surface area (Å²) >= 11 is 0. The van der Waals surface area contributed by atoms with E-state index in [1.165, 1.54) is 0 Å². The van der Waals surface area contributed by atoms with Gasteiger partial charge < -0.3 is 14.5 Å². The number of nitrogens with zero attached hydrogens (tertiary/aromatic N) is 3. The van der Waals surface area contributed by atoms with Crippen LogP contribution >= 0.6 is 0 Å². The average Bonchev–Trinajstić information content (AvgIpc) is 2.74. The van der Waals surface area contributed by atoms with E-state index in [4.69, 9.17) is 9.47 Å². The first-order valence-corrected chi connectivity index (χ1v) is 10.8. The number of alkyl halides is 3. The second kappa shape index (κ2) is 8.42. The number of pyridine rings is 1. The third-order valence-electron chi connectivity index (χ3n) is 6.22. The Kier molecular flexibility index (Phi) is 5.57. The van der Waals surface area contributed by atoms with Crippen LogP contribution in [0.3, 0.4) is 0 Å². The molecule has 1 aromatic carbocycles. The van der Waals surface area contributed by atoms with E-state index in [0.29, 0.717) is 28.3 Å². The van der Waals surface area contributed by atoms with Crippen molar-refractivity contribution in [1.29, 1.82) is 0 Å². The Bertz CT molecular complexity index is 1230. The Morgan fingerprint density at radius 3 is 2.61 bits per heavy atom. The van der Waals surface area contributed by atoms with E-state index < -0.39 is 17.3 Å². The van der Waals surface area contributed by atoms with E-state index in [9.17, 15) is 18.0 Å². The number of hydrogen-bond acceptors (Lipinski definition) is 6. The average molecular weight is 460 g/mol. The van der Waals surface area contributed by atoms with Crippen molar-refractivity contribution in [2.45, 2.75) is 38.1 Å². The number of nitrogens with one attached hydrogen (secondary N) is 1. The number of likely N-dealkylation sites (tertiary alicyclic amines) is 1. The van der Waals surface area contributed by atoms with Crippen molar-refractivity contribution < 1.29 is 22.6 Å². The maximum absolute atomic E-state index is 13.1. The molecule has 1 N–H and O–H groups in total. The predicted octanol–water partition coefficient (Wildman–Crippen LogP) is 3.55. The monoisotopic (exact) mass is 460 g/mol. The van der Waals surface area contributed by atoms with E-state index >= 15 is 0 Å². The Morgan fingerprint density at radius 1 is 1.18 bits per heavy atom. The van der Waals surface area contributed by atoms with Crippen LogP contribution in [0, 0.1) is 6.92 Å². The number of halogens is 3. The molecule has 0 amide bonds. The molecule has 0 unspecified atom stereocenters. The summed E-state index contributed by atoms with van der Waals surface area (Å²) in [5, 5.41) is 0.324. The number of piperidine rings is 1. The molecule has 3 aromatic rings. The van der Waals surface area contributed by atoms with Gasteiger partial charge in [-0.1, -0.05) is 0 Å². The van der Waals surface area contributed by atoms with Gasteiger partial charge in [-0.3, -0.25) is 14.7 Å². The van der Waals surface area contributed by atoms with Crippen molar-refractivity contribution >= 4 is 10.9 Å². The summed E-state index contributed by atoms with van der Waals surface area (Å²) in [6.45, 7) is 5.28. The summed E-state index contributed by atoms with van der Waals surface area (Å²) in [4.78, 5) is 26.1. The Morgan fingerprint density at radius 2 is 1.94 bits per heavy atom. The second-order valence-electron chi connectivity index (χ2n) is 8.52. The van der Waals surface area contributed by atoms with Crippen LogP contribution in [0.4, 0.5) is 13.2 Å². The number of rotatable bonds is 4. The van der Waals surface area contributed by atoms with Gasteiger partial charge in [-0.25, -0.2) is 4.98 Å². The number of aromatic amines is 1. The molecule has 0 bridgehead atoms. The quantitative estimate of drug-likeness (QED) is 0.642. The number of aromatic nitrogens is 3. The van der Waals surface area contributed by atoms with Gasteiger partial charge in [0, 0.05) is 19.3 Å². The topological polar surface area (TPSA) is 80.3 Å². The summed E-state index contributed by atoms with van der Waals surface area (Å²) in [6.07, 6.45) is -1.63. The maximum Gasteiger partial charge on any atom is 0.416 e. The van der Waals surface area contributed by atoms with E-state index in [2.05, 4.69) is 19.9 Å². The molecule has 33 heavy (non-hydrogen) atoms. The smallest absolute Gasteiger partial charge is 0.416 e. The molecule has 0 atom stereocenters. The van der Waals surface area contributed by atoms with Crippen LogP contribution in [-0.2, 0) is 10.9 Å². The fourth-order valence-corrected chi connectivity index (χ4v) is 4.29. The lowest BCUT2D eigenvalue weighted by Gasteiger charge is -2.41. The second-order valence-corrected chi connectivity index (χ2v) is 8.52. The van der Waals surface area contributed by atoms with Crippen LogP contribution in [0.25, 0.3) is 22.4 Å². The molecule has 174 valence electrons. The van der Waals surface area contributed by atoms with Gasteiger partial charge in [0.05, 0.1) is 35.7 Å². The number of fused-ring (bicyclic) bond motifs is 1. The molecule has 0 saturated carbocycles. The van der Waals surface area contributed by atoms with Gasteiger partial charge in [-0.05, 0) is 49.6 Å². The molecular formula is C23H23F3N4O3. The van der Waals surface area contributed by atoms with Gasteiger partial charge in [0.15, 0.2) is 5.82 Å². The maximum atomic E-state index is 13.1. The zero-order chi connectivity index (χ0) is 23.2. The van der Waals surface area contributed by atoms with Crippen molar-refractivity contribution in [2.75, 3.05) is 26.3 Å². The zero-order valence-corrected chi connectivity index (χ0v) is 18.0. The summed E-state index contributed by atoms with van der Waals surface area (Å²) in [7, 11) is 0. The first kappa shape index (κ1) is 21.8. The third-order valence-corrected chi connectivity index (χ3v) is 6.22. The predicted molar refractivity (Wildman–Crippen MR) is 115 cm³/mol. The van der Waals surface area contributed by atoms with E-state index in [1.807, 2.05) is 6.07 Å². The summed E-state index contributed by atoms with van der Waals surface area (Å²) in [6, 6.07) is 5.72. The lowest BCUT2D eigenvalue weighted by Crippen LogP contribution is -2.52. The highest BCUT2D eigenvalue weighted by Crippen LogP contribution is 2.31. The minimum absolute atomic E-state index is 0.0114. The molecule has 10 heteroatoms. The molecule has 0 spiro atoms.